The average molecular weight is 392 g/mol. The topological polar surface area (TPSA) is 71.8 Å². The van der Waals surface area contributed by atoms with E-state index in [1.54, 1.807) is 12.0 Å². The fourth-order valence-corrected chi connectivity index (χ4v) is 3.84. The summed E-state index contributed by atoms with van der Waals surface area (Å²) in [6.07, 6.45) is 1.53. The lowest BCUT2D eigenvalue weighted by atomic mass is 9.96. The van der Waals surface area contributed by atoms with Gasteiger partial charge in [0, 0.05) is 36.8 Å². The molecule has 1 aliphatic heterocycles. The number of furan rings is 1. The third-order valence-electron chi connectivity index (χ3n) is 5.30. The second-order valence-corrected chi connectivity index (χ2v) is 7.28. The van der Waals surface area contributed by atoms with Gasteiger partial charge in [0.05, 0.1) is 12.5 Å². The van der Waals surface area contributed by atoms with E-state index in [-0.39, 0.29) is 17.7 Å². The van der Waals surface area contributed by atoms with E-state index >= 15 is 0 Å². The second-order valence-electron chi connectivity index (χ2n) is 7.28. The molecule has 0 saturated carbocycles. The van der Waals surface area contributed by atoms with Gasteiger partial charge in [0.2, 0.25) is 5.91 Å². The van der Waals surface area contributed by atoms with Crippen molar-refractivity contribution < 1.29 is 18.7 Å². The molecular formula is C23H24N2O4. The van der Waals surface area contributed by atoms with Crippen molar-refractivity contribution in [1.29, 1.82) is 0 Å². The summed E-state index contributed by atoms with van der Waals surface area (Å²) in [5.41, 5.74) is 2.18. The number of nitrogens with one attached hydrogen (secondary N) is 1. The zero-order chi connectivity index (χ0) is 20.2. The first-order chi connectivity index (χ1) is 14.2. The van der Waals surface area contributed by atoms with Crippen LogP contribution in [0.2, 0.25) is 0 Å². The maximum Gasteiger partial charge on any atom is 0.290 e. The molecule has 1 N–H and O–H groups in total. The van der Waals surface area contributed by atoms with Crippen LogP contribution in [0.1, 0.15) is 29.0 Å². The molecule has 0 aliphatic carbocycles. The Labute approximate surface area is 169 Å². The Morgan fingerprint density at radius 1 is 1.14 bits per heavy atom. The van der Waals surface area contributed by atoms with Crippen molar-refractivity contribution in [2.75, 3.05) is 25.5 Å². The van der Waals surface area contributed by atoms with Crippen LogP contribution < -0.4 is 5.32 Å². The number of piperidine rings is 1. The molecule has 1 fully saturated rings. The van der Waals surface area contributed by atoms with E-state index in [0.717, 1.165) is 29.5 Å². The Hall–Kier alpha value is -3.12. The number of rotatable bonds is 5. The van der Waals surface area contributed by atoms with Crippen LogP contribution in [-0.4, -0.2) is 36.9 Å². The summed E-state index contributed by atoms with van der Waals surface area (Å²) in [6.45, 7) is 1.28. The summed E-state index contributed by atoms with van der Waals surface area (Å²) >= 11 is 0. The Bertz CT molecular complexity index is 1010. The summed E-state index contributed by atoms with van der Waals surface area (Å²) in [4.78, 5) is 27.6. The van der Waals surface area contributed by atoms with Gasteiger partial charge in [0.15, 0.2) is 5.76 Å². The van der Waals surface area contributed by atoms with Gasteiger partial charge in [0.1, 0.15) is 5.58 Å². The number of hydrogen-bond donors (Lipinski definition) is 1. The molecule has 6 heteroatoms. The van der Waals surface area contributed by atoms with Crippen molar-refractivity contribution >= 4 is 28.5 Å². The molecule has 6 nitrogen and oxygen atoms in total. The van der Waals surface area contributed by atoms with Gasteiger partial charge < -0.3 is 19.4 Å². The highest BCUT2D eigenvalue weighted by molar-refractivity contribution is 5.99. The lowest BCUT2D eigenvalue weighted by Crippen LogP contribution is -2.43. The van der Waals surface area contributed by atoms with E-state index < -0.39 is 0 Å². The number of nitrogens with zero attached hydrogens (tertiary/aromatic N) is 1. The van der Waals surface area contributed by atoms with Crippen LogP contribution in [-0.2, 0) is 16.1 Å². The van der Waals surface area contributed by atoms with Crippen molar-refractivity contribution in [3.63, 3.8) is 0 Å². The first-order valence-corrected chi connectivity index (χ1v) is 9.82. The highest BCUT2D eigenvalue weighted by Gasteiger charge is 2.32. The molecule has 2 amide bonds. The van der Waals surface area contributed by atoms with Crippen LogP contribution in [0.25, 0.3) is 11.0 Å². The van der Waals surface area contributed by atoms with Gasteiger partial charge in [-0.1, -0.05) is 36.4 Å². The summed E-state index contributed by atoms with van der Waals surface area (Å²) < 4.78 is 11.2. The van der Waals surface area contributed by atoms with Gasteiger partial charge in [0.25, 0.3) is 5.91 Å². The zero-order valence-electron chi connectivity index (χ0n) is 16.4. The first kappa shape index (κ1) is 19.2. The minimum atomic E-state index is -0.247. The van der Waals surface area contributed by atoms with Gasteiger partial charge in [-0.15, -0.1) is 0 Å². The molecule has 1 atom stereocenters. The highest BCUT2D eigenvalue weighted by Crippen LogP contribution is 2.29. The van der Waals surface area contributed by atoms with Gasteiger partial charge in [-0.3, -0.25) is 9.59 Å². The van der Waals surface area contributed by atoms with Crippen molar-refractivity contribution in [1.82, 2.24) is 4.90 Å². The maximum atomic E-state index is 13.2. The molecule has 4 rings (SSSR count). The van der Waals surface area contributed by atoms with E-state index in [4.69, 9.17) is 9.15 Å². The predicted octanol–water partition coefficient (Wildman–Crippen LogP) is 4.07. The average Bonchev–Trinajstić information content (AvgIpc) is 3.13. The van der Waals surface area contributed by atoms with Crippen molar-refractivity contribution in [2.24, 2.45) is 5.92 Å². The van der Waals surface area contributed by atoms with Crippen molar-refractivity contribution in [2.45, 2.75) is 19.4 Å². The molecular weight excluding hydrogens is 368 g/mol. The summed E-state index contributed by atoms with van der Waals surface area (Å²) in [6, 6.07) is 16.9. The Kier molecular flexibility index (Phi) is 5.62. The second kappa shape index (κ2) is 8.49. The molecule has 3 aromatic rings. The molecule has 1 aromatic heterocycles. The van der Waals surface area contributed by atoms with E-state index in [2.05, 4.69) is 5.32 Å². The SMILES string of the molecule is COCc1c(C(=O)N2CCCC(C(=O)Nc3ccccc3)C2)oc2ccccc12. The number of amides is 2. The lowest BCUT2D eigenvalue weighted by Gasteiger charge is -2.31. The normalized spacial score (nSPS) is 16.7. The fraction of sp³-hybridized carbons (Fsp3) is 0.304. The molecule has 1 unspecified atom stereocenters. The standard InChI is InChI=1S/C23H24N2O4/c1-28-15-19-18-11-5-6-12-20(18)29-21(19)23(27)25-13-7-8-16(14-25)22(26)24-17-9-3-2-4-10-17/h2-6,9-12,16H,7-8,13-15H2,1H3,(H,24,26). The van der Waals surface area contributed by atoms with E-state index in [1.165, 1.54) is 0 Å². The molecule has 0 bridgehead atoms. The van der Waals surface area contributed by atoms with Crippen LogP contribution >= 0.6 is 0 Å². The van der Waals surface area contributed by atoms with Gasteiger partial charge in [-0.2, -0.15) is 0 Å². The Morgan fingerprint density at radius 3 is 2.69 bits per heavy atom. The largest absolute Gasteiger partial charge is 0.451 e. The van der Waals surface area contributed by atoms with Crippen LogP contribution in [0, 0.1) is 5.92 Å². The molecule has 29 heavy (non-hydrogen) atoms. The van der Waals surface area contributed by atoms with Gasteiger partial charge in [-0.25, -0.2) is 0 Å². The smallest absolute Gasteiger partial charge is 0.290 e. The number of benzene rings is 2. The van der Waals surface area contributed by atoms with E-state index in [1.807, 2.05) is 54.6 Å². The fourth-order valence-electron chi connectivity index (χ4n) is 3.84. The predicted molar refractivity (Wildman–Crippen MR) is 111 cm³/mol. The molecule has 0 radical (unpaired) electrons. The number of anilines is 1. The molecule has 0 spiro atoms. The third-order valence-corrected chi connectivity index (χ3v) is 5.30. The maximum absolute atomic E-state index is 13.2. The number of likely N-dealkylation sites (tertiary alicyclic amines) is 1. The molecule has 2 aromatic carbocycles. The van der Waals surface area contributed by atoms with Crippen LogP contribution in [0.3, 0.4) is 0 Å². The molecule has 150 valence electrons. The van der Waals surface area contributed by atoms with Crippen LogP contribution in [0.4, 0.5) is 5.69 Å². The zero-order valence-corrected chi connectivity index (χ0v) is 16.4. The number of ether oxygens (including phenoxy) is 1. The van der Waals surface area contributed by atoms with Gasteiger partial charge in [-0.05, 0) is 31.0 Å². The highest BCUT2D eigenvalue weighted by atomic mass is 16.5. The molecule has 1 aliphatic rings. The monoisotopic (exact) mass is 392 g/mol. The number of fused-ring (bicyclic) bond motifs is 1. The minimum Gasteiger partial charge on any atom is -0.451 e. The molecule has 2 heterocycles. The number of hydrogen-bond acceptors (Lipinski definition) is 4. The first-order valence-electron chi connectivity index (χ1n) is 9.82. The number of carbonyl (C=O) groups is 2. The summed E-state index contributed by atoms with van der Waals surface area (Å²) in [5.74, 6) is -0.193. The third kappa shape index (κ3) is 4.03. The minimum absolute atomic E-state index is 0.0598. The Morgan fingerprint density at radius 2 is 1.90 bits per heavy atom. The van der Waals surface area contributed by atoms with Crippen LogP contribution in [0.5, 0.6) is 0 Å². The number of para-hydroxylation sites is 2. The summed E-state index contributed by atoms with van der Waals surface area (Å²) in [7, 11) is 1.60. The van der Waals surface area contributed by atoms with Gasteiger partial charge >= 0.3 is 0 Å². The quantitative estimate of drug-likeness (QED) is 0.710. The van der Waals surface area contributed by atoms with Crippen molar-refractivity contribution in [3.8, 4) is 0 Å². The van der Waals surface area contributed by atoms with E-state index in [9.17, 15) is 9.59 Å². The van der Waals surface area contributed by atoms with Crippen molar-refractivity contribution in [3.05, 3.63) is 65.9 Å². The number of carbonyl (C=O) groups excluding carboxylic acids is 2. The van der Waals surface area contributed by atoms with E-state index in [0.29, 0.717) is 31.0 Å². The molecule has 1 saturated heterocycles. The summed E-state index contributed by atoms with van der Waals surface area (Å²) in [5, 5.41) is 3.83. The number of methoxy groups -OCH3 is 1. The van der Waals surface area contributed by atoms with Crippen LogP contribution in [0.15, 0.2) is 59.0 Å². The Balaban J connectivity index is 1.52. The lowest BCUT2D eigenvalue weighted by molar-refractivity contribution is -0.121.